The summed E-state index contributed by atoms with van der Waals surface area (Å²) in [5.74, 6) is 0. The van der Waals surface area contributed by atoms with E-state index in [0.29, 0.717) is 0 Å². The van der Waals surface area contributed by atoms with Crippen molar-refractivity contribution in [2.75, 3.05) is 0 Å². The summed E-state index contributed by atoms with van der Waals surface area (Å²) in [5.41, 5.74) is 2.93. The molecule has 0 bridgehead atoms. The lowest BCUT2D eigenvalue weighted by Gasteiger charge is -2.23. The van der Waals surface area contributed by atoms with Gasteiger partial charge in [0, 0.05) is 5.71 Å². The summed E-state index contributed by atoms with van der Waals surface area (Å²) >= 11 is 0. The van der Waals surface area contributed by atoms with Gasteiger partial charge in [0.05, 0.1) is 5.60 Å². The second kappa shape index (κ2) is 4.42. The summed E-state index contributed by atoms with van der Waals surface area (Å²) in [7, 11) is 0. The van der Waals surface area contributed by atoms with Gasteiger partial charge in [-0.2, -0.15) is 5.10 Å². The van der Waals surface area contributed by atoms with E-state index < -0.39 is 6.41 Å². The Balaban J connectivity index is 3.75. The number of nitrogens with one attached hydrogen (secondary N) is 1. The van der Waals surface area contributed by atoms with E-state index in [4.69, 9.17) is 4.74 Å². The van der Waals surface area contributed by atoms with E-state index in [1.165, 1.54) is 0 Å². The van der Waals surface area contributed by atoms with Gasteiger partial charge in [-0.15, -0.1) is 0 Å². The van der Waals surface area contributed by atoms with Gasteiger partial charge in [-0.1, -0.05) is 0 Å². The summed E-state index contributed by atoms with van der Waals surface area (Å²) in [6, 6.07) is 0. The normalized spacial score (nSPS) is 13.8. The van der Waals surface area contributed by atoms with E-state index in [1.807, 2.05) is 34.6 Å². The van der Waals surface area contributed by atoms with Crippen molar-refractivity contribution in [3.63, 3.8) is 0 Å². The van der Waals surface area contributed by atoms with Crippen molar-refractivity contribution < 1.29 is 9.84 Å². The second-order valence-corrected chi connectivity index (χ2v) is 3.77. The molecule has 0 saturated heterocycles. The van der Waals surface area contributed by atoms with Gasteiger partial charge in [0.25, 0.3) is 6.41 Å². The monoisotopic (exact) mass is 174 g/mol. The summed E-state index contributed by atoms with van der Waals surface area (Å²) in [5, 5.41) is 13.0. The summed E-state index contributed by atoms with van der Waals surface area (Å²) < 4.78 is 5.13. The maximum absolute atomic E-state index is 9.19. The quantitative estimate of drug-likeness (QED) is 0.382. The minimum absolute atomic E-state index is 0.371. The fourth-order valence-corrected chi connectivity index (χ4v) is 0.546. The number of hydrazone groups is 1. The maximum atomic E-state index is 9.19. The highest BCUT2D eigenvalue weighted by Crippen LogP contribution is 2.07. The highest BCUT2D eigenvalue weighted by molar-refractivity contribution is 5.78. The molecular formula is C8H18N2O2. The third-order valence-electron chi connectivity index (χ3n) is 0.864. The molecule has 1 unspecified atom stereocenters. The van der Waals surface area contributed by atoms with Gasteiger partial charge in [0.2, 0.25) is 0 Å². The fourth-order valence-electron chi connectivity index (χ4n) is 0.546. The van der Waals surface area contributed by atoms with Gasteiger partial charge in [0.1, 0.15) is 0 Å². The average molecular weight is 174 g/mol. The number of hydrogen-bond acceptors (Lipinski definition) is 4. The molecule has 0 spiro atoms. The van der Waals surface area contributed by atoms with Crippen LogP contribution in [0.4, 0.5) is 0 Å². The molecule has 0 radical (unpaired) electrons. The Hall–Kier alpha value is -0.610. The molecule has 0 aromatic carbocycles. The molecule has 0 saturated carbocycles. The fraction of sp³-hybridized carbons (Fsp3) is 0.875. The maximum Gasteiger partial charge on any atom is 0.251 e. The number of ether oxygens (including phenoxy) is 1. The van der Waals surface area contributed by atoms with Gasteiger partial charge in [-0.3, -0.25) is 5.43 Å². The van der Waals surface area contributed by atoms with Gasteiger partial charge >= 0.3 is 0 Å². The minimum Gasteiger partial charge on any atom is -0.350 e. The Morgan fingerprint density at radius 3 is 2.25 bits per heavy atom. The Morgan fingerprint density at radius 1 is 1.42 bits per heavy atom. The minimum atomic E-state index is -1.04. The Morgan fingerprint density at radius 2 is 1.92 bits per heavy atom. The van der Waals surface area contributed by atoms with Crippen LogP contribution in [0.15, 0.2) is 5.10 Å². The first-order valence-electron chi connectivity index (χ1n) is 3.93. The third-order valence-corrected chi connectivity index (χ3v) is 0.864. The van der Waals surface area contributed by atoms with Crippen LogP contribution in [-0.4, -0.2) is 22.8 Å². The standard InChI is InChI=1S/C8H18N2O2/c1-6(2)9-10-7(11)12-8(3,4)5/h7,10-11H,1-5H3. The van der Waals surface area contributed by atoms with Crippen LogP contribution in [-0.2, 0) is 4.74 Å². The van der Waals surface area contributed by atoms with Crippen LogP contribution in [0.5, 0.6) is 0 Å². The van der Waals surface area contributed by atoms with Crippen molar-refractivity contribution >= 4 is 5.71 Å². The van der Waals surface area contributed by atoms with Crippen molar-refractivity contribution in [1.82, 2.24) is 5.43 Å². The van der Waals surface area contributed by atoms with E-state index >= 15 is 0 Å². The van der Waals surface area contributed by atoms with Crippen molar-refractivity contribution in [1.29, 1.82) is 0 Å². The van der Waals surface area contributed by atoms with Gasteiger partial charge in [-0.05, 0) is 34.6 Å². The molecule has 0 aliphatic heterocycles. The number of nitrogens with zero attached hydrogens (tertiary/aromatic N) is 1. The molecule has 4 heteroatoms. The Bertz CT molecular complexity index is 157. The molecule has 72 valence electrons. The van der Waals surface area contributed by atoms with E-state index in [0.717, 1.165) is 5.71 Å². The van der Waals surface area contributed by atoms with Crippen molar-refractivity contribution in [2.45, 2.75) is 46.6 Å². The lowest BCUT2D eigenvalue weighted by molar-refractivity contribution is -0.181. The third kappa shape index (κ3) is 7.50. The molecule has 0 aromatic heterocycles. The van der Waals surface area contributed by atoms with Crippen LogP contribution >= 0.6 is 0 Å². The molecule has 0 rings (SSSR count). The lowest BCUT2D eigenvalue weighted by atomic mass is 10.2. The number of aliphatic hydroxyl groups is 1. The summed E-state index contributed by atoms with van der Waals surface area (Å²) in [6.07, 6.45) is -1.04. The molecular weight excluding hydrogens is 156 g/mol. The van der Waals surface area contributed by atoms with Gasteiger partial charge in [-0.25, -0.2) is 0 Å². The van der Waals surface area contributed by atoms with Crippen molar-refractivity contribution in [3.05, 3.63) is 0 Å². The molecule has 0 aliphatic carbocycles. The van der Waals surface area contributed by atoms with E-state index in [-0.39, 0.29) is 5.60 Å². The zero-order chi connectivity index (χ0) is 9.78. The van der Waals surface area contributed by atoms with Crippen LogP contribution in [0.3, 0.4) is 0 Å². The van der Waals surface area contributed by atoms with Gasteiger partial charge < -0.3 is 9.84 Å². The number of rotatable bonds is 3. The second-order valence-electron chi connectivity index (χ2n) is 3.77. The predicted molar refractivity (Wildman–Crippen MR) is 48.8 cm³/mol. The summed E-state index contributed by atoms with van der Waals surface area (Å²) in [6.45, 7) is 9.24. The average Bonchev–Trinajstić information content (AvgIpc) is 1.79. The van der Waals surface area contributed by atoms with Crippen molar-refractivity contribution in [2.24, 2.45) is 5.10 Å². The Labute approximate surface area is 73.6 Å². The lowest BCUT2D eigenvalue weighted by Crippen LogP contribution is -2.35. The highest BCUT2D eigenvalue weighted by Gasteiger charge is 2.15. The summed E-state index contributed by atoms with van der Waals surface area (Å²) in [4.78, 5) is 0. The molecule has 12 heavy (non-hydrogen) atoms. The molecule has 4 nitrogen and oxygen atoms in total. The van der Waals surface area contributed by atoms with Crippen LogP contribution in [0.1, 0.15) is 34.6 Å². The topological polar surface area (TPSA) is 53.9 Å². The number of hydrogen-bond donors (Lipinski definition) is 2. The molecule has 0 aromatic rings. The first-order valence-corrected chi connectivity index (χ1v) is 3.93. The largest absolute Gasteiger partial charge is 0.350 e. The highest BCUT2D eigenvalue weighted by atomic mass is 16.6. The molecule has 1 atom stereocenters. The first-order chi connectivity index (χ1) is 5.31. The van der Waals surface area contributed by atoms with E-state index in [9.17, 15) is 5.11 Å². The molecule has 0 fully saturated rings. The van der Waals surface area contributed by atoms with E-state index in [2.05, 4.69) is 10.5 Å². The van der Waals surface area contributed by atoms with Crippen LogP contribution in [0.25, 0.3) is 0 Å². The van der Waals surface area contributed by atoms with Crippen molar-refractivity contribution in [3.8, 4) is 0 Å². The Kier molecular flexibility index (Phi) is 4.20. The first kappa shape index (κ1) is 11.4. The van der Waals surface area contributed by atoms with Crippen LogP contribution in [0.2, 0.25) is 0 Å². The van der Waals surface area contributed by atoms with Gasteiger partial charge in [0.15, 0.2) is 0 Å². The van der Waals surface area contributed by atoms with Crippen LogP contribution in [0, 0.1) is 0 Å². The zero-order valence-corrected chi connectivity index (χ0v) is 8.38. The predicted octanol–water partition coefficient (Wildman–Crippen LogP) is 1.06. The smallest absolute Gasteiger partial charge is 0.251 e. The molecule has 0 amide bonds. The number of aliphatic hydroxyl groups excluding tert-OH is 1. The molecule has 0 heterocycles. The molecule has 0 aliphatic rings. The molecule has 2 N–H and O–H groups in total. The van der Waals surface area contributed by atoms with E-state index in [1.54, 1.807) is 0 Å². The zero-order valence-electron chi connectivity index (χ0n) is 8.38. The SMILES string of the molecule is CC(C)=NNC(O)OC(C)(C)C. The van der Waals surface area contributed by atoms with Crippen LogP contribution < -0.4 is 5.43 Å².